The minimum Gasteiger partial charge on any atom is -0.495 e. The summed E-state index contributed by atoms with van der Waals surface area (Å²) in [7, 11) is 1.57. The van der Waals surface area contributed by atoms with Gasteiger partial charge in [0.05, 0.1) is 13.3 Å². The first-order chi connectivity index (χ1) is 14.5. The zero-order chi connectivity index (χ0) is 21.3. The predicted octanol–water partition coefficient (Wildman–Crippen LogP) is 3.25. The van der Waals surface area contributed by atoms with Crippen LogP contribution in [0.2, 0.25) is 0 Å². The smallest absolute Gasteiger partial charge is 0.168 e. The van der Waals surface area contributed by atoms with E-state index >= 15 is 0 Å². The Morgan fingerprint density at radius 2 is 1.87 bits per heavy atom. The number of nitrogens with two attached hydrogens (primary N) is 1. The molecule has 160 valence electrons. The van der Waals surface area contributed by atoms with Crippen LogP contribution in [-0.4, -0.2) is 46.0 Å². The van der Waals surface area contributed by atoms with Gasteiger partial charge in [0.1, 0.15) is 29.0 Å². The van der Waals surface area contributed by atoms with E-state index < -0.39 is 17.8 Å². The lowest BCUT2D eigenvalue weighted by molar-refractivity contribution is 0.262. The van der Waals surface area contributed by atoms with Gasteiger partial charge >= 0.3 is 0 Å². The van der Waals surface area contributed by atoms with Gasteiger partial charge < -0.3 is 15.8 Å². The number of methoxy groups -OCH3 is 1. The molecule has 5 rings (SSSR count). The molecule has 0 atom stereocenters. The van der Waals surface area contributed by atoms with Crippen molar-refractivity contribution in [3.63, 3.8) is 0 Å². The van der Waals surface area contributed by atoms with Crippen molar-refractivity contribution in [2.75, 3.05) is 25.9 Å². The minimum absolute atomic E-state index is 0.0872. The van der Waals surface area contributed by atoms with Crippen LogP contribution in [0, 0.1) is 11.6 Å². The first-order valence-corrected chi connectivity index (χ1v) is 9.87. The normalized spacial score (nSPS) is 16.9. The van der Waals surface area contributed by atoms with Crippen molar-refractivity contribution in [1.29, 1.82) is 0 Å². The molecule has 1 saturated heterocycles. The van der Waals surface area contributed by atoms with Crippen molar-refractivity contribution in [3.8, 4) is 17.1 Å². The Labute approximate surface area is 171 Å². The number of hydrogen-bond donors (Lipinski definition) is 2. The van der Waals surface area contributed by atoms with Gasteiger partial charge in [-0.2, -0.15) is 5.10 Å². The molecule has 0 aromatic carbocycles. The van der Waals surface area contributed by atoms with Gasteiger partial charge in [-0.3, -0.25) is 0 Å². The van der Waals surface area contributed by atoms with Crippen LogP contribution in [0.15, 0.2) is 18.3 Å². The van der Waals surface area contributed by atoms with Crippen LogP contribution in [0.25, 0.3) is 17.0 Å². The highest BCUT2D eigenvalue weighted by Gasteiger charge is 2.30. The molecule has 1 aliphatic carbocycles. The highest BCUT2D eigenvalue weighted by Crippen LogP contribution is 2.43. The summed E-state index contributed by atoms with van der Waals surface area (Å²) in [6.45, 7) is 1.72. The number of imidazole rings is 1. The molecule has 0 amide bonds. The summed E-state index contributed by atoms with van der Waals surface area (Å²) >= 11 is 0. The van der Waals surface area contributed by atoms with E-state index in [0.717, 1.165) is 31.6 Å². The fourth-order valence-corrected chi connectivity index (χ4v) is 3.32. The number of hydrogen-bond acceptors (Lipinski definition) is 6. The van der Waals surface area contributed by atoms with Gasteiger partial charge in [-0.1, -0.05) is 0 Å². The summed E-state index contributed by atoms with van der Waals surface area (Å²) in [6, 6.07) is 2.46. The lowest BCUT2D eigenvalue weighted by Crippen LogP contribution is -2.28. The molecule has 0 bridgehead atoms. The molecule has 0 unspecified atom stereocenters. The first-order valence-electron chi connectivity index (χ1n) is 9.87. The standard InChI is InChI=1S/C15H13F2N5O.C5H10FN/c1-23-11-5-12-19-6-10(22(12)21-13(11)7-2-3-7)14-8(16)4-9(17)15(18)20-14;6-5-1-3-7-4-2-5/h4-7H,2-3H2,1H3,(H2,18,20);5,7H,1-4H2. The maximum atomic E-state index is 14.1. The Balaban J connectivity index is 0.000000265. The van der Waals surface area contributed by atoms with Crippen molar-refractivity contribution in [1.82, 2.24) is 24.9 Å². The zero-order valence-corrected chi connectivity index (χ0v) is 16.5. The summed E-state index contributed by atoms with van der Waals surface area (Å²) in [6.07, 6.45) is 4.40. The molecule has 3 aromatic heterocycles. The van der Waals surface area contributed by atoms with Crippen LogP contribution in [0.4, 0.5) is 19.0 Å². The van der Waals surface area contributed by atoms with Gasteiger partial charge in [0.2, 0.25) is 0 Å². The number of nitrogens with one attached hydrogen (secondary N) is 1. The molecule has 1 aliphatic heterocycles. The second kappa shape index (κ2) is 8.47. The molecule has 10 heteroatoms. The van der Waals surface area contributed by atoms with Gasteiger partial charge in [0.15, 0.2) is 23.1 Å². The van der Waals surface area contributed by atoms with Crippen LogP contribution in [0.5, 0.6) is 5.75 Å². The van der Waals surface area contributed by atoms with E-state index in [1.807, 2.05) is 0 Å². The third-order valence-electron chi connectivity index (χ3n) is 5.14. The molecule has 7 nitrogen and oxygen atoms in total. The topological polar surface area (TPSA) is 90.4 Å². The maximum Gasteiger partial charge on any atom is 0.168 e. The van der Waals surface area contributed by atoms with E-state index in [2.05, 4.69) is 20.4 Å². The molecule has 4 heterocycles. The summed E-state index contributed by atoms with van der Waals surface area (Å²) in [5.74, 6) is -1.09. The van der Waals surface area contributed by atoms with Crippen LogP contribution in [0.3, 0.4) is 0 Å². The molecule has 1 saturated carbocycles. The van der Waals surface area contributed by atoms with Gasteiger partial charge in [0.25, 0.3) is 0 Å². The zero-order valence-electron chi connectivity index (χ0n) is 16.5. The minimum atomic E-state index is -0.895. The predicted molar refractivity (Wildman–Crippen MR) is 106 cm³/mol. The van der Waals surface area contributed by atoms with E-state index in [1.54, 1.807) is 13.2 Å². The molecule has 2 fully saturated rings. The van der Waals surface area contributed by atoms with Crippen molar-refractivity contribution in [2.24, 2.45) is 0 Å². The lowest BCUT2D eigenvalue weighted by atomic mass is 10.1. The Morgan fingerprint density at radius 1 is 1.13 bits per heavy atom. The molecule has 2 aliphatic rings. The second-order valence-corrected chi connectivity index (χ2v) is 7.40. The van der Waals surface area contributed by atoms with Crippen LogP contribution < -0.4 is 15.8 Å². The van der Waals surface area contributed by atoms with Crippen LogP contribution >= 0.6 is 0 Å². The third-order valence-corrected chi connectivity index (χ3v) is 5.14. The Kier molecular flexibility index (Phi) is 5.76. The number of pyridine rings is 1. The molecule has 30 heavy (non-hydrogen) atoms. The number of rotatable bonds is 3. The van der Waals surface area contributed by atoms with E-state index in [1.165, 1.54) is 10.7 Å². The molecule has 3 N–H and O–H groups in total. The number of nitrogen functional groups attached to an aromatic ring is 1. The Morgan fingerprint density at radius 3 is 2.47 bits per heavy atom. The molecule has 3 aromatic rings. The van der Waals surface area contributed by atoms with Crippen molar-refractivity contribution >= 4 is 11.5 Å². The first kappa shape index (κ1) is 20.4. The number of ether oxygens (including phenoxy) is 1. The molecule has 0 radical (unpaired) electrons. The summed E-state index contributed by atoms with van der Waals surface area (Å²) in [4.78, 5) is 7.99. The number of aromatic nitrogens is 4. The Hall–Kier alpha value is -2.88. The largest absolute Gasteiger partial charge is 0.495 e. The quantitative estimate of drug-likeness (QED) is 0.676. The van der Waals surface area contributed by atoms with Crippen LogP contribution in [0.1, 0.15) is 37.3 Å². The number of piperidine rings is 1. The van der Waals surface area contributed by atoms with Crippen molar-refractivity contribution < 1.29 is 17.9 Å². The maximum absolute atomic E-state index is 14.1. The van der Waals surface area contributed by atoms with E-state index in [-0.39, 0.29) is 11.5 Å². The fourth-order valence-electron chi connectivity index (χ4n) is 3.32. The summed E-state index contributed by atoms with van der Waals surface area (Å²) < 4.78 is 46.4. The SMILES string of the molecule is COc1cc2ncc(-c3nc(N)c(F)cc3F)n2nc1C1CC1.FC1CCNCC1. The van der Waals surface area contributed by atoms with Crippen LogP contribution in [-0.2, 0) is 0 Å². The number of fused-ring (bicyclic) bond motifs is 1. The van der Waals surface area contributed by atoms with E-state index in [9.17, 15) is 13.2 Å². The molecule has 0 spiro atoms. The summed E-state index contributed by atoms with van der Waals surface area (Å²) in [5, 5.41) is 7.60. The molecular formula is C20H23F3N6O. The number of anilines is 1. The Bertz CT molecular complexity index is 1050. The third kappa shape index (κ3) is 4.18. The van der Waals surface area contributed by atoms with Gasteiger partial charge in [0, 0.05) is 18.1 Å². The van der Waals surface area contributed by atoms with Crippen molar-refractivity contribution in [2.45, 2.75) is 37.8 Å². The second-order valence-electron chi connectivity index (χ2n) is 7.40. The van der Waals surface area contributed by atoms with Gasteiger partial charge in [-0.05, 0) is 38.8 Å². The number of nitrogens with zero attached hydrogens (tertiary/aromatic N) is 4. The average Bonchev–Trinajstić information content (AvgIpc) is 3.51. The van der Waals surface area contributed by atoms with Crippen molar-refractivity contribution in [3.05, 3.63) is 35.7 Å². The number of halogens is 3. The molecular weight excluding hydrogens is 397 g/mol. The monoisotopic (exact) mass is 420 g/mol. The fraction of sp³-hybridized carbons (Fsp3) is 0.450. The van der Waals surface area contributed by atoms with Gasteiger partial charge in [-0.25, -0.2) is 27.7 Å². The van der Waals surface area contributed by atoms with Gasteiger partial charge in [-0.15, -0.1) is 0 Å². The lowest BCUT2D eigenvalue weighted by Gasteiger charge is -2.14. The highest BCUT2D eigenvalue weighted by molar-refractivity contribution is 5.63. The number of alkyl halides is 1. The highest BCUT2D eigenvalue weighted by atomic mass is 19.1. The summed E-state index contributed by atoms with van der Waals surface area (Å²) in [5.41, 5.74) is 6.97. The van der Waals surface area contributed by atoms with E-state index in [0.29, 0.717) is 41.9 Å². The van der Waals surface area contributed by atoms with E-state index in [4.69, 9.17) is 10.5 Å². The average molecular weight is 420 g/mol.